The first kappa shape index (κ1) is 29.3. The van der Waals surface area contributed by atoms with Crippen LogP contribution in [0.25, 0.3) is 32.9 Å². The summed E-state index contributed by atoms with van der Waals surface area (Å²) in [5.74, 6) is -0.0125. The SMILES string of the molecule is CCCc1c(Cl)c2c(OC)c3c(c(O)c2c(=O)n1C)-c1c(c(OC)c2oc4c(c(=O)c2c1OC)[C@H](O)[C@H](O)C[C@H]4O)CC3. The monoisotopic (exact) mass is 613 g/mol. The number of phenols is 1. The number of aromatic nitrogens is 1. The molecule has 0 fully saturated rings. The summed E-state index contributed by atoms with van der Waals surface area (Å²) in [5, 5.41) is 44.1. The number of hydrogen-bond acceptors (Lipinski definition) is 10. The molecule has 0 unspecified atom stereocenters. The van der Waals surface area contributed by atoms with E-state index < -0.39 is 29.3 Å². The summed E-state index contributed by atoms with van der Waals surface area (Å²) in [5.41, 5.74) is 0.717. The van der Waals surface area contributed by atoms with Gasteiger partial charge in [0, 0.05) is 41.4 Å². The number of methoxy groups -OCH3 is 3. The van der Waals surface area contributed by atoms with Gasteiger partial charge in [0.25, 0.3) is 5.56 Å². The number of aromatic hydroxyl groups is 1. The van der Waals surface area contributed by atoms with E-state index in [4.69, 9.17) is 30.2 Å². The van der Waals surface area contributed by atoms with Crippen molar-refractivity contribution in [2.75, 3.05) is 21.3 Å². The van der Waals surface area contributed by atoms with Crippen LogP contribution in [0.3, 0.4) is 0 Å². The normalized spacial score (nSPS) is 19.2. The summed E-state index contributed by atoms with van der Waals surface area (Å²) < 4.78 is 25.0. The molecule has 0 spiro atoms. The largest absolute Gasteiger partial charge is 0.506 e. The number of hydrogen-bond donors (Lipinski definition) is 4. The molecule has 2 aliphatic rings. The van der Waals surface area contributed by atoms with Crippen LogP contribution in [0.5, 0.6) is 23.0 Å². The van der Waals surface area contributed by atoms with Crippen molar-refractivity contribution in [3.8, 4) is 34.1 Å². The van der Waals surface area contributed by atoms with Gasteiger partial charge in [-0.1, -0.05) is 24.9 Å². The van der Waals surface area contributed by atoms with Crippen LogP contribution in [0.4, 0.5) is 0 Å². The fourth-order valence-electron chi connectivity index (χ4n) is 6.81. The molecule has 0 amide bonds. The number of phenolic OH excluding ortho intramolecular Hbond substituents is 1. The maximum Gasteiger partial charge on any atom is 0.262 e. The van der Waals surface area contributed by atoms with Crippen LogP contribution in [-0.4, -0.2) is 52.4 Å². The van der Waals surface area contributed by atoms with Crippen molar-refractivity contribution in [1.82, 2.24) is 4.57 Å². The van der Waals surface area contributed by atoms with E-state index in [0.29, 0.717) is 57.8 Å². The molecule has 6 rings (SSSR count). The van der Waals surface area contributed by atoms with Gasteiger partial charge in [-0.25, -0.2) is 0 Å². The third-order valence-electron chi connectivity index (χ3n) is 8.74. The van der Waals surface area contributed by atoms with Gasteiger partial charge in [-0.15, -0.1) is 0 Å². The zero-order valence-electron chi connectivity index (χ0n) is 24.3. The van der Waals surface area contributed by atoms with E-state index in [1.54, 1.807) is 7.05 Å². The summed E-state index contributed by atoms with van der Waals surface area (Å²) in [4.78, 5) is 27.8. The van der Waals surface area contributed by atoms with Gasteiger partial charge < -0.3 is 43.6 Å². The number of pyridine rings is 1. The lowest BCUT2D eigenvalue weighted by Gasteiger charge is -2.31. The lowest BCUT2D eigenvalue weighted by molar-refractivity contribution is -0.0373. The molecule has 4 N–H and O–H groups in total. The maximum absolute atomic E-state index is 14.0. The molecule has 0 radical (unpaired) electrons. The van der Waals surface area contributed by atoms with Crippen molar-refractivity contribution < 1.29 is 39.1 Å². The number of halogens is 1. The van der Waals surface area contributed by atoms with E-state index in [0.717, 1.165) is 6.42 Å². The van der Waals surface area contributed by atoms with Crippen LogP contribution in [0, 0.1) is 0 Å². The fraction of sp³-hybridized carbons (Fsp3) is 0.419. The average molecular weight is 614 g/mol. The number of aliphatic hydroxyl groups is 3. The number of nitrogens with zero attached hydrogens (tertiary/aromatic N) is 1. The molecular weight excluding hydrogens is 582 g/mol. The molecule has 2 aromatic heterocycles. The molecular formula is C31H32ClNO10. The predicted molar refractivity (Wildman–Crippen MR) is 159 cm³/mol. The third-order valence-corrected chi connectivity index (χ3v) is 9.14. The van der Waals surface area contributed by atoms with Crippen molar-refractivity contribution in [3.05, 3.63) is 53.7 Å². The fourth-order valence-corrected chi connectivity index (χ4v) is 7.21. The Balaban J connectivity index is 1.83. The molecule has 2 heterocycles. The Bertz CT molecular complexity index is 1960. The first-order chi connectivity index (χ1) is 20.5. The van der Waals surface area contributed by atoms with Gasteiger partial charge in [0.2, 0.25) is 5.43 Å². The minimum Gasteiger partial charge on any atom is -0.506 e. The van der Waals surface area contributed by atoms with Crippen molar-refractivity contribution in [1.29, 1.82) is 0 Å². The van der Waals surface area contributed by atoms with Crippen LogP contribution in [0.15, 0.2) is 14.0 Å². The van der Waals surface area contributed by atoms with Gasteiger partial charge in [-0.05, 0) is 19.3 Å². The van der Waals surface area contributed by atoms with Gasteiger partial charge in [-0.3, -0.25) is 9.59 Å². The lowest BCUT2D eigenvalue weighted by Crippen LogP contribution is -2.33. The van der Waals surface area contributed by atoms with Crippen molar-refractivity contribution in [3.63, 3.8) is 0 Å². The second-order valence-corrected chi connectivity index (χ2v) is 11.3. The topological polar surface area (TPSA) is 161 Å². The highest BCUT2D eigenvalue weighted by molar-refractivity contribution is 6.37. The van der Waals surface area contributed by atoms with Gasteiger partial charge in [-0.2, -0.15) is 0 Å². The third kappa shape index (κ3) is 3.85. The van der Waals surface area contributed by atoms with Crippen LogP contribution in [0.2, 0.25) is 5.02 Å². The molecule has 0 aliphatic heterocycles. The highest BCUT2D eigenvalue weighted by atomic mass is 35.5. The first-order valence-corrected chi connectivity index (χ1v) is 14.4. The second kappa shape index (κ2) is 10.4. The molecule has 12 heteroatoms. The Kier molecular flexibility index (Phi) is 7.12. The Morgan fingerprint density at radius 2 is 1.56 bits per heavy atom. The zero-order valence-corrected chi connectivity index (χ0v) is 25.1. The maximum atomic E-state index is 14.0. The predicted octanol–water partition coefficient (Wildman–Crippen LogP) is 3.58. The molecule has 2 aromatic carbocycles. The van der Waals surface area contributed by atoms with Crippen molar-refractivity contribution >= 4 is 33.3 Å². The smallest absolute Gasteiger partial charge is 0.262 e. The molecule has 2 aliphatic carbocycles. The van der Waals surface area contributed by atoms with E-state index in [9.17, 15) is 30.0 Å². The van der Waals surface area contributed by atoms with Crippen LogP contribution in [-0.2, 0) is 26.3 Å². The average Bonchev–Trinajstić information content (AvgIpc) is 2.99. The number of benzene rings is 2. The molecule has 4 aromatic rings. The Hall–Kier alpha value is -3.77. The molecule has 228 valence electrons. The molecule has 0 bridgehead atoms. The Labute approximate surface area is 250 Å². The van der Waals surface area contributed by atoms with E-state index in [1.165, 1.54) is 25.9 Å². The standard InChI is InChI=1S/C31H32ClNO10/c1-6-7-13-22(32)18-19(31(39)33(13)2)24(37)16-11(26(18)40-3)8-9-12-17(16)29(42-5)21-25(38)20-23(36)14(34)10-15(35)28(20)43-30(21)27(12)41-4/h14-15,23,34-37H,6-10H2,1-5H3/t14-,15-,23-/m1/s1. The van der Waals surface area contributed by atoms with E-state index in [2.05, 4.69) is 0 Å². The zero-order chi connectivity index (χ0) is 31.1. The minimum absolute atomic E-state index is 0.00674. The van der Waals surface area contributed by atoms with Gasteiger partial charge in [0.15, 0.2) is 11.3 Å². The highest BCUT2D eigenvalue weighted by Gasteiger charge is 2.41. The number of fused-ring (bicyclic) bond motifs is 6. The second-order valence-electron chi connectivity index (χ2n) is 11.0. The van der Waals surface area contributed by atoms with Gasteiger partial charge >= 0.3 is 0 Å². The summed E-state index contributed by atoms with van der Waals surface area (Å²) in [6.45, 7) is 1.97. The van der Waals surface area contributed by atoms with Gasteiger partial charge in [0.05, 0.1) is 48.8 Å². The summed E-state index contributed by atoms with van der Waals surface area (Å²) >= 11 is 6.89. The molecule has 43 heavy (non-hydrogen) atoms. The van der Waals surface area contributed by atoms with Crippen molar-refractivity contribution in [2.45, 2.75) is 57.3 Å². The van der Waals surface area contributed by atoms with Crippen molar-refractivity contribution in [2.24, 2.45) is 7.05 Å². The Morgan fingerprint density at radius 3 is 2.16 bits per heavy atom. The minimum atomic E-state index is -1.61. The highest BCUT2D eigenvalue weighted by Crippen LogP contribution is 2.56. The summed E-state index contributed by atoms with van der Waals surface area (Å²) in [6, 6.07) is 0. The quantitative estimate of drug-likeness (QED) is 0.262. The van der Waals surface area contributed by atoms with Crippen LogP contribution in [0.1, 0.15) is 60.1 Å². The summed E-state index contributed by atoms with van der Waals surface area (Å²) in [6.07, 6.45) is -2.60. The van der Waals surface area contributed by atoms with Crippen LogP contribution < -0.4 is 25.2 Å². The lowest BCUT2D eigenvalue weighted by atomic mass is 9.80. The van der Waals surface area contributed by atoms with Crippen LogP contribution >= 0.6 is 11.6 Å². The molecule has 11 nitrogen and oxygen atoms in total. The first-order valence-electron chi connectivity index (χ1n) is 14.0. The Morgan fingerprint density at radius 1 is 0.930 bits per heavy atom. The summed E-state index contributed by atoms with van der Waals surface area (Å²) in [7, 11) is 5.80. The van der Waals surface area contributed by atoms with E-state index >= 15 is 0 Å². The molecule has 3 atom stereocenters. The molecule has 0 saturated heterocycles. The van der Waals surface area contributed by atoms with E-state index in [-0.39, 0.29) is 56.9 Å². The molecule has 0 saturated carbocycles. The van der Waals surface area contributed by atoms with E-state index in [1.807, 2.05) is 6.92 Å². The number of rotatable bonds is 5. The number of ether oxygens (including phenoxy) is 3. The number of aliphatic hydroxyl groups excluding tert-OH is 3. The van der Waals surface area contributed by atoms with Gasteiger partial charge in [0.1, 0.15) is 40.6 Å².